The highest BCUT2D eigenvalue weighted by Gasteiger charge is 2.26. The molecular weight excluding hydrogens is 312 g/mol. The zero-order valence-corrected chi connectivity index (χ0v) is 13.7. The fourth-order valence-electron chi connectivity index (χ4n) is 2.63. The van der Waals surface area contributed by atoms with Crippen LogP contribution in [0.2, 0.25) is 0 Å². The maximum atomic E-state index is 12.1. The highest BCUT2D eigenvalue weighted by atomic mass is 16.5. The molecule has 7 heteroatoms. The first kappa shape index (κ1) is 17.8. The third kappa shape index (κ3) is 4.47. The second-order valence-electron chi connectivity index (χ2n) is 5.56. The van der Waals surface area contributed by atoms with Crippen molar-refractivity contribution in [1.82, 2.24) is 4.90 Å². The molecule has 2 rings (SSSR count). The Kier molecular flexibility index (Phi) is 6.17. The van der Waals surface area contributed by atoms with Gasteiger partial charge in [0.2, 0.25) is 5.91 Å². The van der Waals surface area contributed by atoms with Crippen LogP contribution >= 0.6 is 0 Å². The van der Waals surface area contributed by atoms with Crippen molar-refractivity contribution in [3.05, 3.63) is 29.8 Å². The molecule has 0 saturated carbocycles. The number of carbonyl (C=O) groups excluding carboxylic acids is 3. The molecule has 1 aromatic carbocycles. The van der Waals surface area contributed by atoms with E-state index in [1.165, 1.54) is 0 Å². The quantitative estimate of drug-likeness (QED) is 0.782. The highest BCUT2D eigenvalue weighted by Crippen LogP contribution is 2.19. The van der Waals surface area contributed by atoms with Crippen molar-refractivity contribution in [3.63, 3.8) is 0 Å². The Morgan fingerprint density at radius 2 is 1.88 bits per heavy atom. The molecule has 1 saturated heterocycles. The van der Waals surface area contributed by atoms with Crippen molar-refractivity contribution in [2.24, 2.45) is 11.7 Å². The van der Waals surface area contributed by atoms with E-state index in [0.29, 0.717) is 43.9 Å². The number of nitrogens with zero attached hydrogens (tertiary/aromatic N) is 1. The molecule has 0 bridgehead atoms. The number of nitrogens with two attached hydrogens (primary N) is 1. The minimum Gasteiger partial charge on any atom is -0.493 e. The minimum atomic E-state index is -0.598. The fourth-order valence-corrected chi connectivity index (χ4v) is 2.63. The van der Waals surface area contributed by atoms with E-state index in [1.54, 1.807) is 29.2 Å². The van der Waals surface area contributed by atoms with Crippen LogP contribution < -0.4 is 10.5 Å². The number of benzene rings is 1. The van der Waals surface area contributed by atoms with E-state index in [2.05, 4.69) is 0 Å². The number of para-hydroxylation sites is 1. The zero-order chi connectivity index (χ0) is 17.5. The number of esters is 1. The molecule has 2 amide bonds. The minimum absolute atomic E-state index is 0.185. The van der Waals surface area contributed by atoms with Crippen LogP contribution in [0.15, 0.2) is 24.3 Å². The first-order valence-corrected chi connectivity index (χ1v) is 7.99. The number of amides is 2. The lowest BCUT2D eigenvalue weighted by Gasteiger charge is -2.30. The second kappa shape index (κ2) is 8.33. The van der Waals surface area contributed by atoms with E-state index in [-0.39, 0.29) is 24.3 Å². The van der Waals surface area contributed by atoms with Crippen LogP contribution in [-0.2, 0) is 14.3 Å². The van der Waals surface area contributed by atoms with Crippen LogP contribution in [0.4, 0.5) is 0 Å². The van der Waals surface area contributed by atoms with Crippen molar-refractivity contribution < 1.29 is 23.9 Å². The van der Waals surface area contributed by atoms with Crippen molar-refractivity contribution in [2.75, 3.05) is 26.3 Å². The fraction of sp³-hybridized carbons (Fsp3) is 0.471. The number of piperidine rings is 1. The second-order valence-corrected chi connectivity index (χ2v) is 5.56. The Balaban J connectivity index is 1.86. The van der Waals surface area contributed by atoms with Crippen molar-refractivity contribution in [2.45, 2.75) is 19.8 Å². The standard InChI is InChI=1S/C17H22N2O5/c1-2-23-14-6-4-3-5-13(14)17(22)24-11-15(20)19-9-7-12(8-10-19)16(18)21/h3-6,12H,2,7-11H2,1H3,(H2,18,21). The van der Waals surface area contributed by atoms with Crippen molar-refractivity contribution in [1.29, 1.82) is 0 Å². The van der Waals surface area contributed by atoms with Gasteiger partial charge in [-0.3, -0.25) is 9.59 Å². The summed E-state index contributed by atoms with van der Waals surface area (Å²) in [5, 5.41) is 0. The van der Waals surface area contributed by atoms with Gasteiger partial charge in [-0.05, 0) is 31.9 Å². The van der Waals surface area contributed by atoms with Gasteiger partial charge in [0.05, 0.1) is 6.61 Å². The summed E-state index contributed by atoms with van der Waals surface area (Å²) in [5.74, 6) is -0.963. The van der Waals surface area contributed by atoms with Crippen molar-refractivity contribution >= 4 is 17.8 Å². The zero-order valence-electron chi connectivity index (χ0n) is 13.7. The van der Waals surface area contributed by atoms with Gasteiger partial charge in [0.1, 0.15) is 11.3 Å². The summed E-state index contributed by atoms with van der Waals surface area (Å²) < 4.78 is 10.5. The number of ether oxygens (including phenoxy) is 2. The van der Waals surface area contributed by atoms with Crippen LogP contribution in [0.25, 0.3) is 0 Å². The number of hydrogen-bond acceptors (Lipinski definition) is 5. The Hall–Kier alpha value is -2.57. The third-order valence-electron chi connectivity index (χ3n) is 3.98. The van der Waals surface area contributed by atoms with Crippen LogP contribution in [0, 0.1) is 5.92 Å². The molecule has 0 spiro atoms. The summed E-state index contributed by atoms with van der Waals surface area (Å²) >= 11 is 0. The van der Waals surface area contributed by atoms with E-state index < -0.39 is 5.97 Å². The summed E-state index contributed by atoms with van der Waals surface area (Å²) in [5.41, 5.74) is 5.56. The molecule has 24 heavy (non-hydrogen) atoms. The Bertz CT molecular complexity index is 609. The third-order valence-corrected chi connectivity index (χ3v) is 3.98. The smallest absolute Gasteiger partial charge is 0.342 e. The predicted octanol–water partition coefficient (Wildman–Crippen LogP) is 0.966. The Morgan fingerprint density at radius 1 is 1.21 bits per heavy atom. The van der Waals surface area contributed by atoms with Crippen LogP contribution in [0.1, 0.15) is 30.1 Å². The van der Waals surface area contributed by atoms with Crippen LogP contribution in [-0.4, -0.2) is 49.0 Å². The Morgan fingerprint density at radius 3 is 2.50 bits per heavy atom. The lowest BCUT2D eigenvalue weighted by Crippen LogP contribution is -2.43. The topological polar surface area (TPSA) is 98.9 Å². The van der Waals surface area contributed by atoms with Crippen molar-refractivity contribution in [3.8, 4) is 5.75 Å². The lowest BCUT2D eigenvalue weighted by atomic mass is 9.96. The molecule has 1 fully saturated rings. The van der Waals surface area contributed by atoms with Crippen LogP contribution in [0.3, 0.4) is 0 Å². The van der Waals surface area contributed by atoms with Gasteiger partial charge in [-0.2, -0.15) is 0 Å². The molecule has 130 valence electrons. The molecule has 0 unspecified atom stereocenters. The molecule has 2 N–H and O–H groups in total. The molecule has 1 heterocycles. The molecule has 0 aromatic heterocycles. The normalized spacial score (nSPS) is 15.0. The number of rotatable bonds is 6. The molecule has 0 aliphatic carbocycles. The van der Waals surface area contributed by atoms with E-state index in [4.69, 9.17) is 15.2 Å². The van der Waals surface area contributed by atoms with Gasteiger partial charge < -0.3 is 20.1 Å². The van der Waals surface area contributed by atoms with Gasteiger partial charge in [-0.1, -0.05) is 12.1 Å². The van der Waals surface area contributed by atoms with Gasteiger partial charge >= 0.3 is 5.97 Å². The SMILES string of the molecule is CCOc1ccccc1C(=O)OCC(=O)N1CCC(C(N)=O)CC1. The van der Waals surface area contributed by atoms with Gasteiger partial charge in [0.25, 0.3) is 5.91 Å². The maximum Gasteiger partial charge on any atom is 0.342 e. The molecule has 1 aromatic rings. The average molecular weight is 334 g/mol. The van der Waals surface area contributed by atoms with E-state index in [1.807, 2.05) is 6.92 Å². The number of primary amides is 1. The number of likely N-dealkylation sites (tertiary alicyclic amines) is 1. The molecule has 1 aliphatic heterocycles. The summed E-state index contributed by atoms with van der Waals surface area (Å²) in [4.78, 5) is 37.0. The average Bonchev–Trinajstić information content (AvgIpc) is 2.60. The number of hydrogen-bond donors (Lipinski definition) is 1. The van der Waals surface area contributed by atoms with Gasteiger partial charge in [0, 0.05) is 19.0 Å². The molecule has 0 radical (unpaired) electrons. The van der Waals surface area contributed by atoms with Gasteiger partial charge in [-0.25, -0.2) is 4.79 Å². The van der Waals surface area contributed by atoms with E-state index >= 15 is 0 Å². The number of carbonyl (C=O) groups is 3. The summed E-state index contributed by atoms with van der Waals surface area (Å²) in [7, 11) is 0. The monoisotopic (exact) mass is 334 g/mol. The molecular formula is C17H22N2O5. The summed E-state index contributed by atoms with van der Waals surface area (Å²) in [6.45, 7) is 2.80. The first-order chi connectivity index (χ1) is 11.5. The summed E-state index contributed by atoms with van der Waals surface area (Å²) in [6, 6.07) is 6.73. The molecule has 0 atom stereocenters. The van der Waals surface area contributed by atoms with Gasteiger partial charge in [-0.15, -0.1) is 0 Å². The highest BCUT2D eigenvalue weighted by molar-refractivity contribution is 5.94. The van der Waals surface area contributed by atoms with E-state index in [9.17, 15) is 14.4 Å². The first-order valence-electron chi connectivity index (χ1n) is 7.99. The van der Waals surface area contributed by atoms with E-state index in [0.717, 1.165) is 0 Å². The largest absolute Gasteiger partial charge is 0.493 e. The Labute approximate surface area is 140 Å². The predicted molar refractivity (Wildman–Crippen MR) is 86.4 cm³/mol. The lowest BCUT2D eigenvalue weighted by molar-refractivity contribution is -0.137. The van der Waals surface area contributed by atoms with Gasteiger partial charge in [0.15, 0.2) is 6.61 Å². The van der Waals surface area contributed by atoms with Crippen LogP contribution in [0.5, 0.6) is 5.75 Å². The summed E-state index contributed by atoms with van der Waals surface area (Å²) in [6.07, 6.45) is 1.09. The maximum absolute atomic E-state index is 12.1. The molecule has 1 aliphatic rings. The molecule has 7 nitrogen and oxygen atoms in total.